The minimum absolute atomic E-state index is 0.290. The van der Waals surface area contributed by atoms with Crippen molar-refractivity contribution in [2.45, 2.75) is 44.8 Å². The van der Waals surface area contributed by atoms with E-state index in [0.29, 0.717) is 6.42 Å². The minimum Gasteiger partial charge on any atom is -0.480 e. The Balaban J connectivity index is 2.72. The number of ether oxygens (including phenoxy) is 1. The first-order chi connectivity index (χ1) is 8.73. The first-order valence-corrected chi connectivity index (χ1v) is 7.36. The maximum absolute atomic E-state index is 12.2. The molecular formula is C10H18NO7P. The Kier molecular flexibility index (Phi) is 4.95. The molecule has 1 unspecified atom stereocenters. The summed E-state index contributed by atoms with van der Waals surface area (Å²) in [6.45, 7) is 3.19. The predicted molar refractivity (Wildman–Crippen MR) is 64.7 cm³/mol. The Bertz CT molecular complexity index is 405. The van der Waals surface area contributed by atoms with Gasteiger partial charge in [-0.3, -0.25) is 9.32 Å². The molecule has 0 spiro atoms. The number of rotatable bonds is 6. The van der Waals surface area contributed by atoms with Crippen molar-refractivity contribution in [3.05, 3.63) is 0 Å². The molecule has 1 rings (SSSR count). The number of aliphatic carboxylic acids is 1. The largest absolute Gasteiger partial charge is 0.516 e. The number of carbonyl (C=O) groups is 2. The molecule has 1 fully saturated rings. The van der Waals surface area contributed by atoms with Gasteiger partial charge in [-0.25, -0.2) is 9.36 Å². The molecule has 1 aliphatic carbocycles. The summed E-state index contributed by atoms with van der Waals surface area (Å²) in [4.78, 5) is 22.5. The molecule has 0 radical (unpaired) electrons. The second kappa shape index (κ2) is 5.90. The molecule has 110 valence electrons. The lowest BCUT2D eigenvalue weighted by Crippen LogP contribution is -2.56. The quantitative estimate of drug-likeness (QED) is 0.564. The summed E-state index contributed by atoms with van der Waals surface area (Å²) in [7, 11) is -3.00. The molecule has 1 aliphatic rings. The molecule has 0 heterocycles. The highest BCUT2D eigenvalue weighted by atomic mass is 31.2. The van der Waals surface area contributed by atoms with Gasteiger partial charge in [0.25, 0.3) is 0 Å². The Morgan fingerprint density at radius 1 is 1.37 bits per heavy atom. The molecule has 19 heavy (non-hydrogen) atoms. The molecule has 0 aromatic heterocycles. The highest BCUT2D eigenvalue weighted by molar-refractivity contribution is 7.52. The third-order valence-corrected chi connectivity index (χ3v) is 4.31. The van der Waals surface area contributed by atoms with Crippen molar-refractivity contribution < 1.29 is 33.0 Å². The van der Waals surface area contributed by atoms with E-state index in [9.17, 15) is 14.2 Å². The van der Waals surface area contributed by atoms with Crippen molar-refractivity contribution in [2.24, 2.45) is 0 Å². The first-order valence-electron chi connectivity index (χ1n) is 5.82. The van der Waals surface area contributed by atoms with E-state index in [2.05, 4.69) is 18.9 Å². The average molecular weight is 295 g/mol. The van der Waals surface area contributed by atoms with Crippen LogP contribution in [0, 0.1) is 0 Å². The van der Waals surface area contributed by atoms with E-state index >= 15 is 0 Å². The van der Waals surface area contributed by atoms with Gasteiger partial charge in [0.15, 0.2) is 0 Å². The lowest BCUT2D eigenvalue weighted by atomic mass is 9.78. The van der Waals surface area contributed by atoms with Crippen molar-refractivity contribution in [3.63, 3.8) is 0 Å². The maximum Gasteiger partial charge on any atom is 0.516 e. The fourth-order valence-electron chi connectivity index (χ4n) is 1.58. The molecule has 0 saturated heterocycles. The normalized spacial score (nSPS) is 20.2. The molecular weight excluding hydrogens is 277 g/mol. The highest BCUT2D eigenvalue weighted by Gasteiger charge is 2.50. The van der Waals surface area contributed by atoms with Gasteiger partial charge in [0.1, 0.15) is 5.54 Å². The fourth-order valence-corrected chi connectivity index (χ4v) is 2.88. The molecule has 0 amide bonds. The Hall–Kier alpha value is -1.11. The van der Waals surface area contributed by atoms with Crippen LogP contribution in [0.3, 0.4) is 0 Å². The summed E-state index contributed by atoms with van der Waals surface area (Å²) in [5.74, 6) is -1.16. The summed E-state index contributed by atoms with van der Waals surface area (Å²) in [5, 5.41) is 11.4. The number of carbonyl (C=O) groups excluding carboxylic acids is 1. The van der Waals surface area contributed by atoms with E-state index < -0.39 is 31.5 Å². The van der Waals surface area contributed by atoms with Gasteiger partial charge in [0, 0.05) is 7.11 Å². The van der Waals surface area contributed by atoms with Gasteiger partial charge >= 0.3 is 19.9 Å². The van der Waals surface area contributed by atoms with Crippen LogP contribution in [-0.4, -0.2) is 36.0 Å². The summed E-state index contributed by atoms with van der Waals surface area (Å²) in [6.07, 6.45) is -0.363. The predicted octanol–water partition coefficient (Wildman–Crippen LogP) is 1.90. The number of hydrogen-bond acceptors (Lipinski definition) is 6. The van der Waals surface area contributed by atoms with Crippen molar-refractivity contribution >= 4 is 19.9 Å². The molecule has 1 atom stereocenters. The molecule has 1 saturated carbocycles. The zero-order chi connectivity index (χ0) is 14.7. The topological polar surface area (TPSA) is 111 Å². The van der Waals surface area contributed by atoms with E-state index in [1.165, 1.54) is 0 Å². The van der Waals surface area contributed by atoms with Crippen LogP contribution in [0.4, 0.5) is 4.79 Å². The van der Waals surface area contributed by atoms with Crippen LogP contribution in [0.5, 0.6) is 0 Å². The first kappa shape index (κ1) is 15.9. The average Bonchev–Trinajstić information content (AvgIpc) is 2.21. The third kappa shape index (κ3) is 3.92. The van der Waals surface area contributed by atoms with E-state index in [1.807, 2.05) is 0 Å². The molecule has 0 bridgehead atoms. The SMILES string of the molecule is COP(=O)(NC1(C(=O)O)CCC1)OC(=O)OC(C)C. The van der Waals surface area contributed by atoms with Crippen LogP contribution >= 0.6 is 7.75 Å². The van der Waals surface area contributed by atoms with Gasteiger partial charge in [-0.15, -0.1) is 0 Å². The molecule has 0 aromatic carbocycles. The monoisotopic (exact) mass is 295 g/mol. The van der Waals surface area contributed by atoms with Crippen LogP contribution in [0.2, 0.25) is 0 Å². The summed E-state index contributed by atoms with van der Waals surface area (Å²) < 4.78 is 26.0. The zero-order valence-electron chi connectivity index (χ0n) is 11.0. The lowest BCUT2D eigenvalue weighted by molar-refractivity contribution is -0.147. The van der Waals surface area contributed by atoms with E-state index in [1.54, 1.807) is 13.8 Å². The van der Waals surface area contributed by atoms with Crippen molar-refractivity contribution in [2.75, 3.05) is 7.11 Å². The second-order valence-electron chi connectivity index (χ2n) is 4.54. The Labute approximate surface area is 111 Å². The van der Waals surface area contributed by atoms with Gasteiger partial charge < -0.3 is 14.4 Å². The van der Waals surface area contributed by atoms with E-state index in [0.717, 1.165) is 7.11 Å². The maximum atomic E-state index is 12.2. The molecule has 0 aliphatic heterocycles. The fraction of sp³-hybridized carbons (Fsp3) is 0.800. The zero-order valence-corrected chi connectivity index (χ0v) is 11.9. The Morgan fingerprint density at radius 2 is 1.95 bits per heavy atom. The minimum atomic E-state index is -4.06. The summed E-state index contributed by atoms with van der Waals surface area (Å²) in [5.41, 5.74) is -1.37. The van der Waals surface area contributed by atoms with Crippen molar-refractivity contribution in [1.29, 1.82) is 0 Å². The van der Waals surface area contributed by atoms with Crippen LogP contribution in [0.25, 0.3) is 0 Å². The van der Waals surface area contributed by atoms with Crippen LogP contribution < -0.4 is 5.09 Å². The lowest BCUT2D eigenvalue weighted by Gasteiger charge is -2.39. The number of carboxylic acid groups (broad SMARTS) is 1. The van der Waals surface area contributed by atoms with Crippen LogP contribution in [0.15, 0.2) is 0 Å². The highest BCUT2D eigenvalue weighted by Crippen LogP contribution is 2.49. The van der Waals surface area contributed by atoms with E-state index in [-0.39, 0.29) is 12.8 Å². The van der Waals surface area contributed by atoms with Gasteiger partial charge in [-0.05, 0) is 33.1 Å². The number of carboxylic acids is 1. The van der Waals surface area contributed by atoms with Gasteiger partial charge in [0.2, 0.25) is 0 Å². The molecule has 2 N–H and O–H groups in total. The molecule has 8 nitrogen and oxygen atoms in total. The van der Waals surface area contributed by atoms with E-state index in [4.69, 9.17) is 5.11 Å². The molecule has 0 aromatic rings. The smallest absolute Gasteiger partial charge is 0.480 e. The number of nitrogens with one attached hydrogen (secondary N) is 1. The van der Waals surface area contributed by atoms with Gasteiger partial charge in [-0.2, -0.15) is 5.09 Å². The van der Waals surface area contributed by atoms with Gasteiger partial charge in [0.05, 0.1) is 6.10 Å². The number of hydrogen-bond donors (Lipinski definition) is 2. The Morgan fingerprint density at radius 3 is 2.26 bits per heavy atom. The second-order valence-corrected chi connectivity index (χ2v) is 6.31. The summed E-state index contributed by atoms with van der Waals surface area (Å²) >= 11 is 0. The molecule has 9 heteroatoms. The standard InChI is InChI=1S/C10H18NO7P/c1-7(2)17-9(14)18-19(15,16-3)11-10(8(12)13)5-4-6-10/h7H,4-6H2,1-3H3,(H,11,15)(H,12,13). The van der Waals surface area contributed by atoms with Crippen molar-refractivity contribution in [3.8, 4) is 0 Å². The van der Waals surface area contributed by atoms with Crippen LogP contribution in [0.1, 0.15) is 33.1 Å². The third-order valence-electron chi connectivity index (χ3n) is 2.73. The van der Waals surface area contributed by atoms with Crippen molar-refractivity contribution in [1.82, 2.24) is 5.09 Å². The van der Waals surface area contributed by atoms with Gasteiger partial charge in [-0.1, -0.05) is 0 Å². The van der Waals surface area contributed by atoms with Crippen LogP contribution in [-0.2, 0) is 23.1 Å². The summed E-state index contributed by atoms with van der Waals surface area (Å²) in [6, 6.07) is 0.